The molecule has 1 aromatic carbocycles. The van der Waals surface area contributed by atoms with Crippen molar-refractivity contribution in [3.05, 3.63) is 41.3 Å². The van der Waals surface area contributed by atoms with E-state index >= 15 is 0 Å². The van der Waals surface area contributed by atoms with Gasteiger partial charge in [0.1, 0.15) is 5.82 Å². The molecule has 0 radical (unpaired) electrons. The van der Waals surface area contributed by atoms with Crippen LogP contribution >= 0.6 is 0 Å². The lowest BCUT2D eigenvalue weighted by Gasteiger charge is -2.10. The molecule has 0 N–H and O–H groups in total. The predicted octanol–water partition coefficient (Wildman–Crippen LogP) is 3.81. The Labute approximate surface area is 89.0 Å². The summed E-state index contributed by atoms with van der Waals surface area (Å²) in [7, 11) is 0. The zero-order valence-corrected chi connectivity index (χ0v) is 9.21. The van der Waals surface area contributed by atoms with Gasteiger partial charge < -0.3 is 0 Å². The quantitative estimate of drug-likeness (QED) is 0.686. The lowest BCUT2D eigenvalue weighted by atomic mass is 9.97. The van der Waals surface area contributed by atoms with Gasteiger partial charge in [-0.15, -0.1) is 0 Å². The van der Waals surface area contributed by atoms with Crippen LogP contribution in [0.3, 0.4) is 0 Å². The molecule has 1 heterocycles. The second kappa shape index (κ2) is 3.61. The number of fused-ring (bicyclic) bond motifs is 1. The molecule has 0 fully saturated rings. The first kappa shape index (κ1) is 10.1. The highest BCUT2D eigenvalue weighted by molar-refractivity contribution is 5.83. The average Bonchev–Trinajstić information content (AvgIpc) is 2.23. The Kier molecular flexibility index (Phi) is 2.43. The van der Waals surface area contributed by atoms with Gasteiger partial charge in [-0.2, -0.15) is 0 Å². The first-order valence-electron chi connectivity index (χ1n) is 5.15. The Hall–Kier alpha value is -1.44. The van der Waals surface area contributed by atoms with E-state index in [0.29, 0.717) is 16.9 Å². The number of halogens is 1. The maximum Gasteiger partial charge on any atom is 0.135 e. The van der Waals surface area contributed by atoms with E-state index in [1.807, 2.05) is 12.1 Å². The van der Waals surface area contributed by atoms with Gasteiger partial charge in [-0.1, -0.05) is 19.9 Å². The van der Waals surface area contributed by atoms with E-state index in [1.165, 1.54) is 0 Å². The summed E-state index contributed by atoms with van der Waals surface area (Å²) in [6.07, 6.45) is 1.74. The number of hydrogen-bond acceptors (Lipinski definition) is 1. The van der Waals surface area contributed by atoms with Gasteiger partial charge in [0.05, 0.1) is 5.52 Å². The van der Waals surface area contributed by atoms with Crippen molar-refractivity contribution in [3.63, 3.8) is 0 Å². The van der Waals surface area contributed by atoms with E-state index in [4.69, 9.17) is 0 Å². The fourth-order valence-corrected chi connectivity index (χ4v) is 1.81. The van der Waals surface area contributed by atoms with E-state index in [1.54, 1.807) is 19.2 Å². The minimum absolute atomic E-state index is 0.135. The summed E-state index contributed by atoms with van der Waals surface area (Å²) in [4.78, 5) is 4.19. The second-order valence-corrected chi connectivity index (χ2v) is 4.15. The predicted molar refractivity (Wildman–Crippen MR) is 60.5 cm³/mol. The minimum atomic E-state index is -0.135. The fraction of sp³-hybridized carbons (Fsp3) is 0.308. The van der Waals surface area contributed by atoms with Gasteiger partial charge >= 0.3 is 0 Å². The van der Waals surface area contributed by atoms with Crippen LogP contribution in [-0.2, 0) is 0 Å². The SMILES string of the molecule is Cc1ccc2nccc(C(C)C)c2c1F. The molecule has 0 unspecified atom stereocenters. The standard InChI is InChI=1S/C13H14FN/c1-8(2)10-6-7-15-11-5-4-9(3)13(14)12(10)11/h4-8H,1-3H3. The summed E-state index contributed by atoms with van der Waals surface area (Å²) in [6, 6.07) is 5.55. The molecular formula is C13H14FN. The number of aromatic nitrogens is 1. The van der Waals surface area contributed by atoms with Crippen LogP contribution < -0.4 is 0 Å². The Bertz CT molecular complexity index is 503. The van der Waals surface area contributed by atoms with Crippen molar-refractivity contribution in [1.82, 2.24) is 4.98 Å². The maximum absolute atomic E-state index is 14.0. The van der Waals surface area contributed by atoms with Crippen LogP contribution in [0.1, 0.15) is 30.9 Å². The van der Waals surface area contributed by atoms with Crippen molar-refractivity contribution in [2.45, 2.75) is 26.7 Å². The summed E-state index contributed by atoms with van der Waals surface area (Å²) in [5.41, 5.74) is 2.45. The van der Waals surface area contributed by atoms with Gasteiger partial charge in [0, 0.05) is 11.6 Å². The molecule has 0 amide bonds. The molecule has 0 bridgehead atoms. The summed E-state index contributed by atoms with van der Waals surface area (Å²) in [6.45, 7) is 5.92. The molecule has 2 aromatic rings. The van der Waals surface area contributed by atoms with Crippen molar-refractivity contribution in [1.29, 1.82) is 0 Å². The van der Waals surface area contributed by atoms with Crippen LogP contribution in [0.4, 0.5) is 4.39 Å². The lowest BCUT2D eigenvalue weighted by Crippen LogP contribution is -1.95. The third-order valence-electron chi connectivity index (χ3n) is 2.69. The maximum atomic E-state index is 14.0. The summed E-state index contributed by atoms with van der Waals surface area (Å²) in [5, 5.41) is 0.674. The van der Waals surface area contributed by atoms with E-state index in [-0.39, 0.29) is 5.82 Å². The summed E-state index contributed by atoms with van der Waals surface area (Å²) in [5.74, 6) is 0.177. The molecule has 0 aliphatic heterocycles. The average molecular weight is 203 g/mol. The Balaban J connectivity index is 2.88. The number of aryl methyl sites for hydroxylation is 1. The van der Waals surface area contributed by atoms with Gasteiger partial charge in [0.25, 0.3) is 0 Å². The Morgan fingerprint density at radius 1 is 1.20 bits per heavy atom. The molecule has 0 saturated heterocycles. The zero-order chi connectivity index (χ0) is 11.0. The molecule has 0 aliphatic rings. The fourth-order valence-electron chi connectivity index (χ4n) is 1.81. The van der Waals surface area contributed by atoms with Crippen molar-refractivity contribution in [3.8, 4) is 0 Å². The van der Waals surface area contributed by atoms with Crippen molar-refractivity contribution >= 4 is 10.9 Å². The largest absolute Gasteiger partial charge is 0.256 e. The highest BCUT2D eigenvalue weighted by Crippen LogP contribution is 2.27. The molecule has 78 valence electrons. The second-order valence-electron chi connectivity index (χ2n) is 4.15. The van der Waals surface area contributed by atoms with Crippen molar-refractivity contribution in [2.75, 3.05) is 0 Å². The Morgan fingerprint density at radius 3 is 2.60 bits per heavy atom. The molecule has 1 aromatic heterocycles. The number of rotatable bonds is 1. The van der Waals surface area contributed by atoms with Crippen LogP contribution in [-0.4, -0.2) is 4.98 Å². The molecule has 0 atom stereocenters. The van der Waals surface area contributed by atoms with Crippen molar-refractivity contribution < 1.29 is 4.39 Å². The lowest BCUT2D eigenvalue weighted by molar-refractivity contribution is 0.628. The van der Waals surface area contributed by atoms with Gasteiger partial charge in [-0.05, 0) is 36.1 Å². The number of pyridine rings is 1. The first-order valence-corrected chi connectivity index (χ1v) is 5.15. The molecule has 2 rings (SSSR count). The third kappa shape index (κ3) is 1.60. The van der Waals surface area contributed by atoms with Gasteiger partial charge in [0.2, 0.25) is 0 Å². The Morgan fingerprint density at radius 2 is 1.93 bits per heavy atom. The molecule has 15 heavy (non-hydrogen) atoms. The first-order chi connectivity index (χ1) is 7.11. The third-order valence-corrected chi connectivity index (χ3v) is 2.69. The van der Waals surface area contributed by atoms with E-state index in [0.717, 1.165) is 11.1 Å². The zero-order valence-electron chi connectivity index (χ0n) is 9.21. The van der Waals surface area contributed by atoms with Gasteiger partial charge in [-0.3, -0.25) is 4.98 Å². The topological polar surface area (TPSA) is 12.9 Å². The van der Waals surface area contributed by atoms with Gasteiger partial charge in [0.15, 0.2) is 0 Å². The monoisotopic (exact) mass is 203 g/mol. The molecular weight excluding hydrogens is 189 g/mol. The smallest absolute Gasteiger partial charge is 0.135 e. The van der Waals surface area contributed by atoms with E-state index in [2.05, 4.69) is 18.8 Å². The van der Waals surface area contributed by atoms with Crippen LogP contribution in [0.15, 0.2) is 24.4 Å². The van der Waals surface area contributed by atoms with E-state index < -0.39 is 0 Å². The van der Waals surface area contributed by atoms with Gasteiger partial charge in [-0.25, -0.2) is 4.39 Å². The summed E-state index contributed by atoms with van der Waals surface area (Å²) < 4.78 is 14.0. The van der Waals surface area contributed by atoms with Crippen LogP contribution in [0.5, 0.6) is 0 Å². The number of nitrogens with zero attached hydrogens (tertiary/aromatic N) is 1. The van der Waals surface area contributed by atoms with Crippen LogP contribution in [0.25, 0.3) is 10.9 Å². The molecule has 2 heteroatoms. The molecule has 1 nitrogen and oxygen atoms in total. The van der Waals surface area contributed by atoms with Crippen LogP contribution in [0, 0.1) is 12.7 Å². The molecule has 0 spiro atoms. The highest BCUT2D eigenvalue weighted by Gasteiger charge is 2.11. The molecule has 0 saturated carbocycles. The normalized spacial score (nSPS) is 11.3. The van der Waals surface area contributed by atoms with Crippen molar-refractivity contribution in [2.24, 2.45) is 0 Å². The number of hydrogen-bond donors (Lipinski definition) is 0. The molecule has 0 aliphatic carbocycles. The summed E-state index contributed by atoms with van der Waals surface area (Å²) >= 11 is 0. The minimum Gasteiger partial charge on any atom is -0.256 e. The number of benzene rings is 1. The highest BCUT2D eigenvalue weighted by atomic mass is 19.1. The van der Waals surface area contributed by atoms with Crippen LogP contribution in [0.2, 0.25) is 0 Å². The van der Waals surface area contributed by atoms with E-state index in [9.17, 15) is 4.39 Å².